The summed E-state index contributed by atoms with van der Waals surface area (Å²) in [5.41, 5.74) is 2.36. The van der Waals surface area contributed by atoms with E-state index in [-0.39, 0.29) is 0 Å². The first-order chi connectivity index (χ1) is 6.27. The number of hydroxylamine groups is 1. The van der Waals surface area contributed by atoms with Crippen molar-refractivity contribution in [3.05, 3.63) is 0 Å². The molecule has 0 aromatic heterocycles. The minimum absolute atomic E-state index is 0.597. The maximum Gasteiger partial charge on any atom is 0.105 e. The predicted molar refractivity (Wildman–Crippen MR) is 51.4 cm³/mol. The van der Waals surface area contributed by atoms with Crippen LogP contribution >= 0.6 is 0 Å². The molecule has 80 valence electrons. The smallest absolute Gasteiger partial charge is 0.105 e. The largest absolute Gasteiger partial charge is 0.748 e. The van der Waals surface area contributed by atoms with Crippen LogP contribution in [0.2, 0.25) is 0 Å². The van der Waals surface area contributed by atoms with Crippen molar-refractivity contribution >= 4 is 11.4 Å². The fourth-order valence-electron chi connectivity index (χ4n) is 1.07. The lowest BCUT2D eigenvalue weighted by Crippen LogP contribution is -2.17. The Balaban J connectivity index is 2.87. The quantitative estimate of drug-likeness (QED) is 0.355. The molecule has 0 saturated carbocycles. The van der Waals surface area contributed by atoms with E-state index in [1.165, 1.54) is 25.7 Å². The second-order valence-electron chi connectivity index (χ2n) is 2.95. The molecule has 0 bridgehead atoms. The maximum absolute atomic E-state index is 9.89. The van der Waals surface area contributed by atoms with Crippen molar-refractivity contribution in [1.82, 2.24) is 5.48 Å². The summed E-state index contributed by atoms with van der Waals surface area (Å²) in [6, 6.07) is 0. The first kappa shape index (κ1) is 13.0. The van der Waals surface area contributed by atoms with Crippen LogP contribution in [0.3, 0.4) is 0 Å². The van der Waals surface area contributed by atoms with Gasteiger partial charge in [-0.25, -0.2) is 8.49 Å². The fraction of sp³-hybridized carbons (Fsp3) is 1.00. The highest BCUT2D eigenvalue weighted by atomic mass is 32.2. The summed E-state index contributed by atoms with van der Waals surface area (Å²) in [6.07, 6.45) is 7.11. The third-order valence-corrected chi connectivity index (χ3v) is 2.01. The van der Waals surface area contributed by atoms with Crippen LogP contribution in [0, 0.1) is 0 Å². The Kier molecular flexibility index (Phi) is 10.1. The number of hydrogen-bond donors (Lipinski definition) is 1. The van der Waals surface area contributed by atoms with Crippen molar-refractivity contribution in [1.29, 1.82) is 0 Å². The van der Waals surface area contributed by atoms with Crippen molar-refractivity contribution < 1.29 is 13.0 Å². The van der Waals surface area contributed by atoms with Gasteiger partial charge in [-0.2, -0.15) is 5.48 Å². The lowest BCUT2D eigenvalue weighted by atomic mass is 10.1. The van der Waals surface area contributed by atoms with Crippen LogP contribution in [0.25, 0.3) is 0 Å². The van der Waals surface area contributed by atoms with E-state index in [9.17, 15) is 8.76 Å². The first-order valence-electron chi connectivity index (χ1n) is 4.76. The minimum Gasteiger partial charge on any atom is -0.748 e. The second-order valence-corrected chi connectivity index (χ2v) is 3.52. The average Bonchev–Trinajstić information content (AvgIpc) is 2.09. The molecule has 0 rings (SSSR count). The molecule has 0 radical (unpaired) electrons. The monoisotopic (exact) mass is 208 g/mol. The van der Waals surface area contributed by atoms with Crippen LogP contribution in [0.4, 0.5) is 0 Å². The highest BCUT2D eigenvalue weighted by Crippen LogP contribution is 2.03. The molecule has 5 heteroatoms. The van der Waals surface area contributed by atoms with Crippen molar-refractivity contribution in [2.75, 3.05) is 6.54 Å². The van der Waals surface area contributed by atoms with E-state index in [1.54, 1.807) is 0 Å². The van der Waals surface area contributed by atoms with Crippen LogP contribution in [-0.2, 0) is 15.6 Å². The fourth-order valence-corrected chi connectivity index (χ4v) is 1.25. The van der Waals surface area contributed by atoms with Gasteiger partial charge in [0.05, 0.1) is 0 Å². The number of unbranched alkanes of at least 4 members (excludes halogenated alkanes) is 5. The zero-order chi connectivity index (χ0) is 9.94. The molecule has 0 spiro atoms. The van der Waals surface area contributed by atoms with Crippen LogP contribution in [-0.4, -0.2) is 15.3 Å². The van der Waals surface area contributed by atoms with Gasteiger partial charge in [0.2, 0.25) is 0 Å². The molecular weight excluding hydrogens is 190 g/mol. The average molecular weight is 208 g/mol. The standard InChI is InChI=1S/C8H19NO3S/c1-2-3-4-5-6-7-8-9-12-13(10)11/h9H,2-8H2,1H3,(H,10,11)/p-1. The van der Waals surface area contributed by atoms with E-state index in [4.69, 9.17) is 0 Å². The van der Waals surface area contributed by atoms with Crippen molar-refractivity contribution in [2.24, 2.45) is 0 Å². The van der Waals surface area contributed by atoms with E-state index in [1.807, 2.05) is 0 Å². The summed E-state index contributed by atoms with van der Waals surface area (Å²) >= 11 is -2.44. The minimum atomic E-state index is -2.44. The summed E-state index contributed by atoms with van der Waals surface area (Å²) < 4.78 is 23.9. The Bertz CT molecular complexity index is 133. The van der Waals surface area contributed by atoms with E-state index in [2.05, 4.69) is 16.7 Å². The van der Waals surface area contributed by atoms with Gasteiger partial charge in [-0.15, -0.1) is 0 Å². The number of rotatable bonds is 9. The van der Waals surface area contributed by atoms with E-state index in [0.29, 0.717) is 6.54 Å². The topological polar surface area (TPSA) is 61.4 Å². The Morgan fingerprint density at radius 1 is 1.23 bits per heavy atom. The van der Waals surface area contributed by atoms with Crippen molar-refractivity contribution in [3.63, 3.8) is 0 Å². The van der Waals surface area contributed by atoms with Gasteiger partial charge in [-0.3, -0.25) is 0 Å². The molecule has 1 atom stereocenters. The molecule has 0 fully saturated rings. The Morgan fingerprint density at radius 2 is 1.85 bits per heavy atom. The van der Waals surface area contributed by atoms with Gasteiger partial charge in [0.1, 0.15) is 11.4 Å². The summed E-state index contributed by atoms with van der Waals surface area (Å²) in [7, 11) is 0. The third-order valence-electron chi connectivity index (χ3n) is 1.76. The summed E-state index contributed by atoms with van der Waals surface area (Å²) in [4.78, 5) is 0. The SMILES string of the molecule is CCCCCCCCNOS(=O)[O-]. The molecule has 0 aromatic carbocycles. The van der Waals surface area contributed by atoms with Gasteiger partial charge in [-0.1, -0.05) is 39.0 Å². The van der Waals surface area contributed by atoms with Crippen LogP contribution in [0.5, 0.6) is 0 Å². The Morgan fingerprint density at radius 3 is 2.46 bits per heavy atom. The second kappa shape index (κ2) is 10.1. The van der Waals surface area contributed by atoms with Crippen LogP contribution < -0.4 is 5.48 Å². The Hall–Kier alpha value is 0.0300. The van der Waals surface area contributed by atoms with Crippen LogP contribution in [0.15, 0.2) is 0 Å². The van der Waals surface area contributed by atoms with Gasteiger partial charge in [-0.05, 0) is 6.42 Å². The van der Waals surface area contributed by atoms with Gasteiger partial charge in [0.25, 0.3) is 0 Å². The highest BCUT2D eigenvalue weighted by molar-refractivity contribution is 7.74. The lowest BCUT2D eigenvalue weighted by molar-refractivity contribution is 0.192. The van der Waals surface area contributed by atoms with Gasteiger partial charge in [0.15, 0.2) is 0 Å². The summed E-state index contributed by atoms with van der Waals surface area (Å²) in [6.45, 7) is 2.78. The molecule has 0 saturated heterocycles. The van der Waals surface area contributed by atoms with Crippen molar-refractivity contribution in [3.8, 4) is 0 Å². The zero-order valence-electron chi connectivity index (χ0n) is 8.08. The van der Waals surface area contributed by atoms with Crippen LogP contribution in [0.1, 0.15) is 45.4 Å². The molecule has 1 unspecified atom stereocenters. The molecule has 0 heterocycles. The number of nitrogens with one attached hydrogen (secondary N) is 1. The number of hydrogen-bond acceptors (Lipinski definition) is 4. The van der Waals surface area contributed by atoms with Gasteiger partial charge >= 0.3 is 0 Å². The van der Waals surface area contributed by atoms with E-state index < -0.39 is 11.4 Å². The summed E-state index contributed by atoms with van der Waals surface area (Å²) in [5, 5.41) is 0. The molecule has 0 aromatic rings. The first-order valence-corrected chi connectivity index (χ1v) is 5.76. The Labute approximate surface area is 82.5 Å². The molecule has 0 aliphatic rings. The predicted octanol–water partition coefficient (Wildman–Crippen LogP) is 1.66. The highest BCUT2D eigenvalue weighted by Gasteiger charge is 1.90. The summed E-state index contributed by atoms with van der Waals surface area (Å²) in [5.74, 6) is 0. The zero-order valence-corrected chi connectivity index (χ0v) is 8.90. The molecule has 0 amide bonds. The normalized spacial score (nSPS) is 13.1. The van der Waals surface area contributed by atoms with Gasteiger partial charge in [0, 0.05) is 6.54 Å². The van der Waals surface area contributed by atoms with Gasteiger partial charge < -0.3 is 4.55 Å². The molecule has 4 nitrogen and oxygen atoms in total. The maximum atomic E-state index is 9.89. The lowest BCUT2D eigenvalue weighted by Gasteiger charge is -2.06. The molecule has 1 N–H and O–H groups in total. The molecular formula is C8H18NO3S-. The van der Waals surface area contributed by atoms with E-state index >= 15 is 0 Å². The third kappa shape index (κ3) is 12.0. The molecule has 13 heavy (non-hydrogen) atoms. The molecule has 0 aliphatic carbocycles. The molecule has 0 aliphatic heterocycles. The van der Waals surface area contributed by atoms with Crippen molar-refractivity contribution in [2.45, 2.75) is 45.4 Å². The van der Waals surface area contributed by atoms with E-state index in [0.717, 1.165) is 12.8 Å².